The molecule has 0 unspecified atom stereocenters. The van der Waals surface area contributed by atoms with Crippen LogP contribution in [0, 0.1) is 11.6 Å². The monoisotopic (exact) mass is 448 g/mol. The van der Waals surface area contributed by atoms with E-state index in [4.69, 9.17) is 0 Å². The Morgan fingerprint density at radius 1 is 0.633 bits per heavy atom. The van der Waals surface area contributed by atoms with E-state index in [1.54, 1.807) is 0 Å². The maximum atomic E-state index is 13.1. The molecule has 2 aliphatic heterocycles. The Morgan fingerprint density at radius 3 is 1.30 bits per heavy atom. The molecule has 2 aromatic carbocycles. The highest BCUT2D eigenvalue weighted by molar-refractivity contribution is 8.19. The van der Waals surface area contributed by atoms with Crippen molar-refractivity contribution in [3.8, 4) is 0 Å². The van der Waals surface area contributed by atoms with E-state index < -0.39 is 44.4 Å². The molecule has 0 aliphatic carbocycles. The Kier molecular flexibility index (Phi) is 5.61. The molecule has 0 radical (unpaired) electrons. The molecule has 2 fully saturated rings. The summed E-state index contributed by atoms with van der Waals surface area (Å²) < 4.78 is 26.1. The van der Waals surface area contributed by atoms with Gasteiger partial charge in [0.1, 0.15) is 22.1 Å². The molecule has 2 aromatic rings. The SMILES string of the molecule is O=C1S[C@@H]([C@@H]2SC(=O)N(Cc3ccc(F)cc3)C2=O)C(=O)N1Cc1ccc(F)cc1. The smallest absolute Gasteiger partial charge is 0.273 e. The number of amides is 4. The summed E-state index contributed by atoms with van der Waals surface area (Å²) in [5.41, 5.74) is 1.14. The van der Waals surface area contributed by atoms with Crippen molar-refractivity contribution in [3.05, 3.63) is 71.3 Å². The highest BCUT2D eigenvalue weighted by Crippen LogP contribution is 2.40. The van der Waals surface area contributed by atoms with Gasteiger partial charge in [0, 0.05) is 0 Å². The van der Waals surface area contributed by atoms with Crippen molar-refractivity contribution in [3.63, 3.8) is 0 Å². The minimum Gasteiger partial charge on any atom is -0.273 e. The van der Waals surface area contributed by atoms with Gasteiger partial charge in [0.05, 0.1) is 13.1 Å². The second kappa shape index (κ2) is 8.19. The highest BCUT2D eigenvalue weighted by atomic mass is 32.2. The highest BCUT2D eigenvalue weighted by Gasteiger charge is 2.52. The zero-order valence-corrected chi connectivity index (χ0v) is 16.9. The lowest BCUT2D eigenvalue weighted by atomic mass is 10.1. The quantitative estimate of drug-likeness (QED) is 0.693. The van der Waals surface area contributed by atoms with E-state index in [9.17, 15) is 28.0 Å². The van der Waals surface area contributed by atoms with Crippen LogP contribution in [0.5, 0.6) is 0 Å². The van der Waals surface area contributed by atoms with Crippen molar-refractivity contribution in [2.45, 2.75) is 23.6 Å². The Labute approximate surface area is 178 Å². The Morgan fingerprint density at radius 2 is 0.967 bits per heavy atom. The fraction of sp³-hybridized carbons (Fsp3) is 0.200. The summed E-state index contributed by atoms with van der Waals surface area (Å²) in [6, 6.07) is 10.8. The van der Waals surface area contributed by atoms with Crippen LogP contribution >= 0.6 is 23.5 Å². The van der Waals surface area contributed by atoms with Crippen molar-refractivity contribution in [1.82, 2.24) is 9.80 Å². The van der Waals surface area contributed by atoms with Crippen LogP contribution in [0.1, 0.15) is 11.1 Å². The van der Waals surface area contributed by atoms with Gasteiger partial charge in [-0.2, -0.15) is 0 Å². The third-order valence-corrected chi connectivity index (χ3v) is 7.17. The van der Waals surface area contributed by atoms with Crippen molar-refractivity contribution >= 4 is 45.8 Å². The standard InChI is InChI=1S/C20H14F2N2O4S2/c21-13-5-1-11(2-6-13)9-23-17(25)15(29-19(23)27)16-18(26)24(20(28)30-16)10-12-3-7-14(22)8-4-12/h1-8,15-16H,9-10H2/t15-,16-/m0/s1. The first kappa shape index (κ1) is 20.5. The maximum absolute atomic E-state index is 13.1. The molecule has 30 heavy (non-hydrogen) atoms. The molecule has 0 bridgehead atoms. The minimum absolute atomic E-state index is 0.0414. The van der Waals surface area contributed by atoms with E-state index in [0.717, 1.165) is 9.80 Å². The number of halogens is 2. The fourth-order valence-electron chi connectivity index (χ4n) is 3.14. The van der Waals surface area contributed by atoms with Crippen LogP contribution in [0.2, 0.25) is 0 Å². The molecule has 2 saturated heterocycles. The Balaban J connectivity index is 1.47. The summed E-state index contributed by atoms with van der Waals surface area (Å²) in [7, 11) is 0. The summed E-state index contributed by atoms with van der Waals surface area (Å²) in [6.07, 6.45) is 0. The predicted molar refractivity (Wildman–Crippen MR) is 107 cm³/mol. The summed E-state index contributed by atoms with van der Waals surface area (Å²) in [4.78, 5) is 52.3. The molecule has 2 heterocycles. The zero-order valence-electron chi connectivity index (χ0n) is 15.3. The molecule has 2 aliphatic rings. The topological polar surface area (TPSA) is 74.8 Å². The molecule has 6 nitrogen and oxygen atoms in total. The molecular formula is C20H14F2N2O4S2. The van der Waals surface area contributed by atoms with E-state index in [1.807, 2.05) is 0 Å². The summed E-state index contributed by atoms with van der Waals surface area (Å²) in [5.74, 6) is -1.98. The summed E-state index contributed by atoms with van der Waals surface area (Å²) >= 11 is 1.42. The summed E-state index contributed by atoms with van der Waals surface area (Å²) in [5, 5.41) is -3.07. The first-order chi connectivity index (χ1) is 14.3. The lowest BCUT2D eigenvalue weighted by molar-refractivity contribution is -0.132. The number of carbonyl (C=O) groups excluding carboxylic acids is 4. The van der Waals surface area contributed by atoms with Crippen molar-refractivity contribution in [2.75, 3.05) is 0 Å². The van der Waals surface area contributed by atoms with Crippen LogP contribution in [0.3, 0.4) is 0 Å². The number of thioether (sulfide) groups is 2. The second-order valence-corrected chi connectivity index (χ2v) is 8.90. The van der Waals surface area contributed by atoms with E-state index in [1.165, 1.54) is 48.5 Å². The number of hydrogen-bond donors (Lipinski definition) is 0. The first-order valence-corrected chi connectivity index (χ1v) is 10.6. The molecule has 0 saturated carbocycles. The fourth-order valence-corrected chi connectivity index (χ4v) is 5.41. The average Bonchev–Trinajstić information content (AvgIpc) is 3.15. The van der Waals surface area contributed by atoms with Gasteiger partial charge < -0.3 is 0 Å². The van der Waals surface area contributed by atoms with Crippen LogP contribution in [0.4, 0.5) is 18.4 Å². The average molecular weight is 448 g/mol. The lowest BCUT2D eigenvalue weighted by Crippen LogP contribution is -2.40. The maximum Gasteiger partial charge on any atom is 0.289 e. The number of hydrogen-bond acceptors (Lipinski definition) is 6. The van der Waals surface area contributed by atoms with Crippen molar-refractivity contribution < 1.29 is 28.0 Å². The molecule has 0 spiro atoms. The molecule has 154 valence electrons. The molecule has 2 atom stereocenters. The number of nitrogens with zero attached hydrogens (tertiary/aromatic N) is 2. The molecule has 0 N–H and O–H groups in total. The van der Waals surface area contributed by atoms with Gasteiger partial charge >= 0.3 is 0 Å². The van der Waals surface area contributed by atoms with Gasteiger partial charge in [-0.15, -0.1) is 0 Å². The minimum atomic E-state index is -1.02. The van der Waals surface area contributed by atoms with E-state index in [0.29, 0.717) is 34.7 Å². The molecule has 10 heteroatoms. The molecule has 4 rings (SSSR count). The number of benzene rings is 2. The van der Waals surface area contributed by atoms with Gasteiger partial charge in [0.2, 0.25) is 11.8 Å². The lowest BCUT2D eigenvalue weighted by Gasteiger charge is -2.17. The largest absolute Gasteiger partial charge is 0.289 e. The molecule has 4 amide bonds. The number of carbonyl (C=O) groups is 4. The zero-order chi connectivity index (χ0) is 21.4. The van der Waals surface area contributed by atoms with E-state index in [2.05, 4.69) is 0 Å². The van der Waals surface area contributed by atoms with E-state index >= 15 is 0 Å². The van der Waals surface area contributed by atoms with Gasteiger partial charge in [-0.3, -0.25) is 29.0 Å². The predicted octanol–water partition coefficient (Wildman–Crippen LogP) is 3.79. The van der Waals surface area contributed by atoms with Crippen LogP contribution in [-0.4, -0.2) is 42.6 Å². The molecular weight excluding hydrogens is 434 g/mol. The Hall–Kier alpha value is -2.72. The van der Waals surface area contributed by atoms with Gasteiger partial charge in [-0.05, 0) is 58.9 Å². The van der Waals surface area contributed by atoms with Gasteiger partial charge in [-0.1, -0.05) is 24.3 Å². The van der Waals surface area contributed by atoms with Crippen molar-refractivity contribution in [1.29, 1.82) is 0 Å². The van der Waals surface area contributed by atoms with Crippen LogP contribution in [0.15, 0.2) is 48.5 Å². The summed E-state index contributed by atoms with van der Waals surface area (Å²) in [6.45, 7) is -0.0828. The van der Waals surface area contributed by atoms with E-state index in [-0.39, 0.29) is 13.1 Å². The first-order valence-electron chi connectivity index (χ1n) is 8.86. The third-order valence-electron chi connectivity index (χ3n) is 4.70. The molecule has 0 aromatic heterocycles. The van der Waals surface area contributed by atoms with Gasteiger partial charge in [0.15, 0.2) is 0 Å². The van der Waals surface area contributed by atoms with Crippen LogP contribution in [-0.2, 0) is 22.7 Å². The second-order valence-electron chi connectivity index (χ2n) is 6.71. The number of rotatable bonds is 5. The van der Waals surface area contributed by atoms with Gasteiger partial charge in [0.25, 0.3) is 10.5 Å². The normalized spacial score (nSPS) is 21.8. The number of imide groups is 2. The third kappa shape index (κ3) is 3.97. The van der Waals surface area contributed by atoms with Crippen LogP contribution < -0.4 is 0 Å². The van der Waals surface area contributed by atoms with Gasteiger partial charge in [-0.25, -0.2) is 8.78 Å². The Bertz CT molecular complexity index is 947. The van der Waals surface area contributed by atoms with Crippen molar-refractivity contribution in [2.24, 2.45) is 0 Å². The van der Waals surface area contributed by atoms with Crippen LogP contribution in [0.25, 0.3) is 0 Å².